The molecular weight excluding hydrogens is 663 g/mol. The summed E-state index contributed by atoms with van der Waals surface area (Å²) in [5, 5.41) is 3.52. The number of nitrogens with one attached hydrogen (secondary N) is 2. The first-order valence-electron chi connectivity index (χ1n) is 17.7. The number of nitrogens with zero attached hydrogens (tertiary/aromatic N) is 1. The van der Waals surface area contributed by atoms with Gasteiger partial charge in [-0.05, 0) is 57.6 Å². The number of methoxy groups -OCH3 is 2. The minimum atomic E-state index is -2.37. The Labute approximate surface area is 302 Å². The number of aromatic amines is 1. The Balaban J connectivity index is 1.66. The quantitative estimate of drug-likeness (QED) is 0.105. The van der Waals surface area contributed by atoms with Gasteiger partial charge in [0.15, 0.2) is 14.5 Å². The van der Waals surface area contributed by atoms with Crippen LogP contribution in [0.5, 0.6) is 11.5 Å². The zero-order valence-electron chi connectivity index (χ0n) is 31.1. The maximum Gasteiger partial charge on any atom is 0.330 e. The highest BCUT2D eigenvalue weighted by Crippen LogP contribution is 2.45. The van der Waals surface area contributed by atoms with Gasteiger partial charge in [0.05, 0.1) is 27.4 Å². The zero-order chi connectivity index (χ0) is 36.8. The van der Waals surface area contributed by atoms with Crippen LogP contribution in [0.1, 0.15) is 64.5 Å². The van der Waals surface area contributed by atoms with Crippen molar-refractivity contribution >= 4 is 8.32 Å². The van der Waals surface area contributed by atoms with Gasteiger partial charge in [-0.1, -0.05) is 96.1 Å². The number of aromatic nitrogens is 2. The number of benzene rings is 3. The molecule has 2 atom stereocenters. The molecule has 1 aliphatic heterocycles. The molecule has 0 aliphatic carbocycles. The van der Waals surface area contributed by atoms with E-state index in [1.165, 1.54) is 16.8 Å². The second kappa shape index (κ2) is 16.1. The molecule has 2 heterocycles. The molecule has 51 heavy (non-hydrogen) atoms. The van der Waals surface area contributed by atoms with Gasteiger partial charge in [-0.2, -0.15) is 0 Å². The molecule has 1 saturated heterocycles. The normalized spacial score (nSPS) is 18.4. The number of H-pyrrole nitrogens is 1. The summed E-state index contributed by atoms with van der Waals surface area (Å²) in [5.41, 5.74) is 0.582. The summed E-state index contributed by atoms with van der Waals surface area (Å²) >= 11 is 0. The van der Waals surface area contributed by atoms with Crippen LogP contribution in [0.2, 0.25) is 16.6 Å². The molecule has 0 radical (unpaired) electrons. The molecule has 274 valence electrons. The summed E-state index contributed by atoms with van der Waals surface area (Å²) in [6, 6.07) is 27.3. The van der Waals surface area contributed by atoms with Crippen LogP contribution < -0.4 is 26.0 Å². The lowest BCUT2D eigenvalue weighted by Gasteiger charge is -2.48. The van der Waals surface area contributed by atoms with E-state index in [1.54, 1.807) is 14.2 Å². The van der Waals surface area contributed by atoms with E-state index in [0.29, 0.717) is 29.7 Å². The van der Waals surface area contributed by atoms with E-state index in [4.69, 9.17) is 23.4 Å². The maximum absolute atomic E-state index is 13.0. The fourth-order valence-electron chi connectivity index (χ4n) is 7.89. The lowest BCUT2D eigenvalue weighted by atomic mass is 9.79. The molecule has 2 N–H and O–H groups in total. The molecule has 0 amide bonds. The summed E-state index contributed by atoms with van der Waals surface area (Å²) in [6.45, 7) is 14.6. The highest BCUT2D eigenvalue weighted by Gasteiger charge is 2.50. The number of hydrogen-bond acceptors (Lipinski definition) is 8. The van der Waals surface area contributed by atoms with Crippen LogP contribution in [0, 0.1) is 0 Å². The lowest BCUT2D eigenvalue weighted by Crippen LogP contribution is -2.61. The molecule has 0 bridgehead atoms. The van der Waals surface area contributed by atoms with Crippen molar-refractivity contribution in [3.8, 4) is 11.5 Å². The second-order valence-electron chi connectivity index (χ2n) is 14.3. The molecule has 0 saturated carbocycles. The van der Waals surface area contributed by atoms with Crippen LogP contribution in [-0.2, 0) is 19.5 Å². The molecule has 5 rings (SSSR count). The highest BCUT2D eigenvalue weighted by molar-refractivity contribution is 6.77. The average Bonchev–Trinajstić information content (AvgIpc) is 3.13. The van der Waals surface area contributed by atoms with Crippen molar-refractivity contribution in [1.82, 2.24) is 14.9 Å². The number of hydrogen-bond donors (Lipinski definition) is 2. The van der Waals surface area contributed by atoms with Gasteiger partial charge in [0.2, 0.25) is 0 Å². The molecule has 0 spiro atoms. The van der Waals surface area contributed by atoms with Gasteiger partial charge in [0.25, 0.3) is 5.56 Å². The summed E-state index contributed by atoms with van der Waals surface area (Å²) in [4.78, 5) is 27.4. The average molecular weight is 716 g/mol. The van der Waals surface area contributed by atoms with Gasteiger partial charge in [-0.3, -0.25) is 14.3 Å². The van der Waals surface area contributed by atoms with Crippen molar-refractivity contribution in [3.63, 3.8) is 0 Å². The molecule has 4 aromatic rings. The molecule has 1 fully saturated rings. The summed E-state index contributed by atoms with van der Waals surface area (Å²) in [5.74, 6) is 1.46. The van der Waals surface area contributed by atoms with E-state index < -0.39 is 37.0 Å². The van der Waals surface area contributed by atoms with Crippen LogP contribution >= 0.6 is 0 Å². The molecule has 1 aliphatic rings. The SMILES string of the molecule is COc1ccc(C(OC[C@]2(CO[Si](C(C)C)(C(C)C)C(C)C)CNC[C@H](n3ccc(=O)[nH]c3=O)O2)(c2ccccc2)c2ccc(OC)cc2)cc1. The van der Waals surface area contributed by atoms with E-state index in [1.807, 2.05) is 66.7 Å². The first-order chi connectivity index (χ1) is 24.4. The molecule has 3 aromatic carbocycles. The third kappa shape index (κ3) is 7.78. The van der Waals surface area contributed by atoms with E-state index in [9.17, 15) is 9.59 Å². The maximum atomic E-state index is 13.0. The molecular formula is C40H53N3O7Si. The summed E-state index contributed by atoms with van der Waals surface area (Å²) in [7, 11) is 0.923. The molecule has 10 nitrogen and oxygen atoms in total. The molecule has 1 aromatic heterocycles. The van der Waals surface area contributed by atoms with E-state index >= 15 is 0 Å². The van der Waals surface area contributed by atoms with Gasteiger partial charge in [-0.25, -0.2) is 4.79 Å². The summed E-state index contributed by atoms with van der Waals surface area (Å²) in [6.07, 6.45) is 0.751. The van der Waals surface area contributed by atoms with Gasteiger partial charge in [-0.15, -0.1) is 0 Å². The Morgan fingerprint density at radius 1 is 0.784 bits per heavy atom. The van der Waals surface area contributed by atoms with Crippen LogP contribution in [0.4, 0.5) is 0 Å². The van der Waals surface area contributed by atoms with Crippen LogP contribution in [0.3, 0.4) is 0 Å². The van der Waals surface area contributed by atoms with Gasteiger partial charge >= 0.3 is 5.69 Å². The van der Waals surface area contributed by atoms with E-state index in [-0.39, 0.29) is 13.2 Å². The Bertz CT molecular complexity index is 1750. The van der Waals surface area contributed by atoms with Crippen molar-refractivity contribution in [2.75, 3.05) is 40.5 Å². The van der Waals surface area contributed by atoms with Crippen molar-refractivity contribution in [2.24, 2.45) is 0 Å². The fourth-order valence-corrected chi connectivity index (χ4v) is 13.4. The predicted octanol–water partition coefficient (Wildman–Crippen LogP) is 6.61. The lowest BCUT2D eigenvalue weighted by molar-refractivity contribution is -0.203. The van der Waals surface area contributed by atoms with Crippen LogP contribution in [0.15, 0.2) is 101 Å². The van der Waals surface area contributed by atoms with E-state index in [0.717, 1.165) is 28.2 Å². The monoisotopic (exact) mass is 715 g/mol. The third-order valence-corrected chi connectivity index (χ3v) is 16.4. The van der Waals surface area contributed by atoms with Gasteiger partial charge in [0.1, 0.15) is 22.7 Å². The fraction of sp³-hybridized carbons (Fsp3) is 0.450. The topological polar surface area (TPSA) is 113 Å². The minimum absolute atomic E-state index is 0.0975. The van der Waals surface area contributed by atoms with Crippen LogP contribution in [0.25, 0.3) is 0 Å². The van der Waals surface area contributed by atoms with E-state index in [2.05, 4.69) is 64.0 Å². The standard InChI is InChI=1S/C40H53N3O7Si/c1-28(2)51(29(3)4,30(5)6)49-27-39(25-41-24-37(50-39)43-23-22-36(44)42-38(43)45)26-48-40(31-12-10-9-11-13-31,32-14-18-34(46-7)19-15-32)33-16-20-35(47-8)21-17-33/h9-23,28-30,37,41H,24-27H2,1-8H3,(H,42,44,45)/t37-,39+/m1/s1. The van der Waals surface area contributed by atoms with Gasteiger partial charge in [0, 0.05) is 25.4 Å². The van der Waals surface area contributed by atoms with Crippen molar-refractivity contribution in [2.45, 2.75) is 75.6 Å². The Morgan fingerprint density at radius 3 is 1.80 bits per heavy atom. The van der Waals surface area contributed by atoms with Crippen molar-refractivity contribution < 1.29 is 23.4 Å². The molecule has 0 unspecified atom stereocenters. The first-order valence-corrected chi connectivity index (χ1v) is 19.9. The smallest absolute Gasteiger partial charge is 0.330 e. The van der Waals surface area contributed by atoms with Gasteiger partial charge < -0.3 is 28.7 Å². The Hall–Kier alpha value is -4.00. The number of morpholine rings is 1. The Kier molecular flexibility index (Phi) is 12.1. The predicted molar refractivity (Wildman–Crippen MR) is 202 cm³/mol. The second-order valence-corrected chi connectivity index (χ2v) is 19.8. The Morgan fingerprint density at radius 2 is 1.31 bits per heavy atom. The number of ether oxygens (including phenoxy) is 4. The number of rotatable bonds is 15. The largest absolute Gasteiger partial charge is 0.497 e. The summed E-state index contributed by atoms with van der Waals surface area (Å²) < 4.78 is 34.1. The van der Waals surface area contributed by atoms with Crippen molar-refractivity contribution in [1.29, 1.82) is 0 Å². The first kappa shape index (κ1) is 38.2. The highest BCUT2D eigenvalue weighted by atomic mass is 28.4. The molecule has 11 heteroatoms. The van der Waals surface area contributed by atoms with Crippen molar-refractivity contribution in [3.05, 3.63) is 129 Å². The zero-order valence-corrected chi connectivity index (χ0v) is 32.1. The third-order valence-electron chi connectivity index (χ3n) is 10.3. The van der Waals surface area contributed by atoms with Crippen LogP contribution in [-0.4, -0.2) is 64.0 Å². The minimum Gasteiger partial charge on any atom is -0.497 e.